The van der Waals surface area contributed by atoms with Crippen LogP contribution in [0.2, 0.25) is 0 Å². The van der Waals surface area contributed by atoms with Crippen molar-refractivity contribution in [2.45, 2.75) is 58.4 Å². The lowest BCUT2D eigenvalue weighted by Crippen LogP contribution is -2.18. The molecule has 1 N–H and O–H groups in total. The molecule has 0 saturated heterocycles. The van der Waals surface area contributed by atoms with Gasteiger partial charge in [-0.2, -0.15) is 0 Å². The van der Waals surface area contributed by atoms with Crippen LogP contribution in [0.15, 0.2) is 0 Å². The fourth-order valence-electron chi connectivity index (χ4n) is 2.68. The van der Waals surface area contributed by atoms with Gasteiger partial charge < -0.3 is 5.11 Å². The third-order valence-electron chi connectivity index (χ3n) is 3.52. The second-order valence-electron chi connectivity index (χ2n) is 5.52. The third-order valence-corrected chi connectivity index (χ3v) is 3.52. The van der Waals surface area contributed by atoms with Gasteiger partial charge in [0.15, 0.2) is 5.69 Å². The van der Waals surface area contributed by atoms with Crippen LogP contribution in [0.4, 0.5) is 0 Å². The number of nitrogens with zero attached hydrogens (tertiary/aromatic N) is 3. The number of carboxylic acid groups (broad SMARTS) is 1. The Morgan fingerprint density at radius 1 is 1.39 bits per heavy atom. The number of hydrogen-bond donors (Lipinski definition) is 1. The molecule has 5 heteroatoms. The van der Waals surface area contributed by atoms with Gasteiger partial charge in [-0.15, -0.1) is 5.10 Å². The molecule has 0 amide bonds. The van der Waals surface area contributed by atoms with Crippen LogP contribution in [0.25, 0.3) is 0 Å². The standard InChI is InChI=1S/C13H21N3O2/c1-9(2)8-11-12(13(17)18)14-15-16(11)10-6-4-3-5-7-10/h9-10H,3-8H2,1-2H3,(H,17,18). The van der Waals surface area contributed by atoms with E-state index in [0.717, 1.165) is 25.0 Å². The lowest BCUT2D eigenvalue weighted by atomic mass is 9.95. The fourth-order valence-corrected chi connectivity index (χ4v) is 2.68. The molecule has 0 atom stereocenters. The first kappa shape index (κ1) is 13.1. The Labute approximate surface area is 107 Å². The zero-order valence-corrected chi connectivity index (χ0v) is 11.1. The molecule has 0 bridgehead atoms. The Morgan fingerprint density at radius 3 is 2.61 bits per heavy atom. The molecule has 0 aromatic carbocycles. The van der Waals surface area contributed by atoms with E-state index in [-0.39, 0.29) is 5.69 Å². The molecule has 0 radical (unpaired) electrons. The molecular formula is C13H21N3O2. The van der Waals surface area contributed by atoms with E-state index in [1.165, 1.54) is 19.3 Å². The highest BCUT2D eigenvalue weighted by Crippen LogP contribution is 2.29. The largest absolute Gasteiger partial charge is 0.476 e. The van der Waals surface area contributed by atoms with Gasteiger partial charge in [-0.05, 0) is 25.2 Å². The number of carboxylic acids is 1. The quantitative estimate of drug-likeness (QED) is 0.893. The highest BCUT2D eigenvalue weighted by atomic mass is 16.4. The predicted octanol–water partition coefficient (Wildman–Crippen LogP) is 2.68. The Balaban J connectivity index is 2.30. The number of aromatic nitrogens is 3. The van der Waals surface area contributed by atoms with Crippen LogP contribution in [0.3, 0.4) is 0 Å². The Hall–Kier alpha value is -1.39. The van der Waals surface area contributed by atoms with Gasteiger partial charge in [0.05, 0.1) is 11.7 Å². The molecule has 1 fully saturated rings. The van der Waals surface area contributed by atoms with Gasteiger partial charge in [-0.3, -0.25) is 0 Å². The van der Waals surface area contributed by atoms with Crippen molar-refractivity contribution in [1.29, 1.82) is 0 Å². The van der Waals surface area contributed by atoms with Crippen LogP contribution in [-0.4, -0.2) is 26.1 Å². The van der Waals surface area contributed by atoms with E-state index in [9.17, 15) is 9.90 Å². The summed E-state index contributed by atoms with van der Waals surface area (Å²) >= 11 is 0. The van der Waals surface area contributed by atoms with Crippen LogP contribution < -0.4 is 0 Å². The summed E-state index contributed by atoms with van der Waals surface area (Å²) in [5.41, 5.74) is 0.929. The molecule has 18 heavy (non-hydrogen) atoms. The van der Waals surface area contributed by atoms with Crippen LogP contribution in [0, 0.1) is 5.92 Å². The maximum Gasteiger partial charge on any atom is 0.358 e. The molecule has 1 aliphatic carbocycles. The zero-order chi connectivity index (χ0) is 13.1. The molecule has 2 rings (SSSR count). The van der Waals surface area contributed by atoms with Gasteiger partial charge in [0.1, 0.15) is 0 Å². The molecule has 0 unspecified atom stereocenters. The Bertz CT molecular complexity index is 420. The lowest BCUT2D eigenvalue weighted by Gasteiger charge is -2.23. The molecule has 1 saturated carbocycles. The average Bonchev–Trinajstić information content (AvgIpc) is 2.73. The van der Waals surface area contributed by atoms with Gasteiger partial charge in [-0.25, -0.2) is 9.48 Å². The fraction of sp³-hybridized carbons (Fsp3) is 0.769. The van der Waals surface area contributed by atoms with E-state index in [0.29, 0.717) is 12.0 Å². The number of rotatable bonds is 4. The van der Waals surface area contributed by atoms with Crippen molar-refractivity contribution in [2.75, 3.05) is 0 Å². The minimum atomic E-state index is -0.965. The van der Waals surface area contributed by atoms with Crippen molar-refractivity contribution in [3.8, 4) is 0 Å². The molecular weight excluding hydrogens is 230 g/mol. The summed E-state index contributed by atoms with van der Waals surface area (Å²) in [6.45, 7) is 4.17. The van der Waals surface area contributed by atoms with Crippen molar-refractivity contribution >= 4 is 5.97 Å². The second kappa shape index (κ2) is 5.50. The highest BCUT2D eigenvalue weighted by Gasteiger charge is 2.25. The summed E-state index contributed by atoms with van der Waals surface area (Å²) in [6, 6.07) is 0.341. The molecule has 1 aliphatic rings. The van der Waals surface area contributed by atoms with Gasteiger partial charge in [0, 0.05) is 0 Å². The van der Waals surface area contributed by atoms with Crippen molar-refractivity contribution in [3.05, 3.63) is 11.4 Å². The van der Waals surface area contributed by atoms with Crippen molar-refractivity contribution in [3.63, 3.8) is 0 Å². The smallest absolute Gasteiger partial charge is 0.358 e. The van der Waals surface area contributed by atoms with Gasteiger partial charge in [0.25, 0.3) is 0 Å². The summed E-state index contributed by atoms with van der Waals surface area (Å²) in [7, 11) is 0. The summed E-state index contributed by atoms with van der Waals surface area (Å²) in [4.78, 5) is 11.2. The minimum Gasteiger partial charge on any atom is -0.476 e. The van der Waals surface area contributed by atoms with Crippen molar-refractivity contribution in [1.82, 2.24) is 15.0 Å². The minimum absolute atomic E-state index is 0.134. The zero-order valence-electron chi connectivity index (χ0n) is 11.1. The van der Waals surface area contributed by atoms with Crippen LogP contribution in [-0.2, 0) is 6.42 Å². The molecule has 0 spiro atoms. The maximum atomic E-state index is 11.2. The first-order valence-electron chi connectivity index (χ1n) is 6.77. The highest BCUT2D eigenvalue weighted by molar-refractivity contribution is 5.86. The van der Waals surface area contributed by atoms with Crippen molar-refractivity contribution < 1.29 is 9.90 Å². The van der Waals surface area contributed by atoms with Gasteiger partial charge in [0.2, 0.25) is 0 Å². The summed E-state index contributed by atoms with van der Waals surface area (Å²) in [5.74, 6) is -0.559. The third kappa shape index (κ3) is 2.71. The van der Waals surface area contributed by atoms with E-state index in [1.54, 1.807) is 0 Å². The topological polar surface area (TPSA) is 68.0 Å². The van der Waals surface area contributed by atoms with Gasteiger partial charge >= 0.3 is 5.97 Å². The average molecular weight is 251 g/mol. The molecule has 0 aliphatic heterocycles. The van der Waals surface area contributed by atoms with Crippen LogP contribution >= 0.6 is 0 Å². The van der Waals surface area contributed by atoms with Crippen LogP contribution in [0.5, 0.6) is 0 Å². The predicted molar refractivity (Wildman–Crippen MR) is 67.6 cm³/mol. The van der Waals surface area contributed by atoms with E-state index in [2.05, 4.69) is 24.2 Å². The number of hydrogen-bond acceptors (Lipinski definition) is 3. The van der Waals surface area contributed by atoms with Crippen LogP contribution in [0.1, 0.15) is 68.2 Å². The molecule has 1 aromatic heterocycles. The summed E-state index contributed by atoms with van der Waals surface area (Å²) < 4.78 is 1.88. The lowest BCUT2D eigenvalue weighted by molar-refractivity contribution is 0.0689. The van der Waals surface area contributed by atoms with E-state index in [4.69, 9.17) is 0 Å². The molecule has 5 nitrogen and oxygen atoms in total. The molecule has 100 valence electrons. The van der Waals surface area contributed by atoms with E-state index < -0.39 is 5.97 Å². The maximum absolute atomic E-state index is 11.2. The molecule has 1 aromatic rings. The Morgan fingerprint density at radius 2 is 2.06 bits per heavy atom. The van der Waals surface area contributed by atoms with Gasteiger partial charge in [-0.1, -0.05) is 38.3 Å². The Kier molecular flexibility index (Phi) is 3.99. The van der Waals surface area contributed by atoms with E-state index >= 15 is 0 Å². The first-order valence-corrected chi connectivity index (χ1v) is 6.77. The summed E-state index contributed by atoms with van der Waals surface area (Å²) in [6.07, 6.45) is 6.59. The van der Waals surface area contributed by atoms with Crippen molar-refractivity contribution in [2.24, 2.45) is 5.92 Å². The monoisotopic (exact) mass is 251 g/mol. The van der Waals surface area contributed by atoms with E-state index in [1.807, 2.05) is 4.68 Å². The summed E-state index contributed by atoms with van der Waals surface area (Å²) in [5, 5.41) is 17.1. The second-order valence-corrected chi connectivity index (χ2v) is 5.52. The molecule has 1 heterocycles. The number of aromatic carboxylic acids is 1. The first-order chi connectivity index (χ1) is 8.59. The SMILES string of the molecule is CC(C)Cc1c(C(=O)O)nnn1C1CCCCC1. The normalized spacial score (nSPS) is 17.3. The number of carbonyl (C=O) groups is 1.